The van der Waals surface area contributed by atoms with Crippen molar-refractivity contribution in [2.45, 2.75) is 51.6 Å². The number of carbonyl (C=O) groups excluding carboxylic acids is 2. The number of β-amino-alcohol motifs (C(OH)–C–C–N with tert-alkyl or cyclic N) is 1. The van der Waals surface area contributed by atoms with Gasteiger partial charge in [0.15, 0.2) is 0 Å². The van der Waals surface area contributed by atoms with Crippen molar-refractivity contribution in [3.8, 4) is 0 Å². The molecule has 0 aliphatic carbocycles. The first kappa shape index (κ1) is 27.9. The minimum absolute atomic E-state index is 0.0865. The second kappa shape index (κ2) is 14.0. The molecular weight excluding hydrogens is 390 g/mol. The van der Waals surface area contributed by atoms with Crippen LogP contribution in [0, 0.1) is 0 Å². The standard InChI is InChI=1S/C10H22N2O2.C6H10O4.C5H5N/c1-9(2)7-11(14)8-10(3,4)12(9)5-6-13;1-9-5(7)3-4-6(8)10-2;1-2-4-6-5-3-1/h13-14H,5-8H2,1-4H3;3-4H2,1-2H3;1-5H. The van der Waals surface area contributed by atoms with E-state index in [4.69, 9.17) is 5.11 Å². The number of methoxy groups -OCH3 is 2. The quantitative estimate of drug-likeness (QED) is 0.678. The third-order valence-electron chi connectivity index (χ3n) is 4.48. The molecule has 0 spiro atoms. The predicted molar refractivity (Wildman–Crippen MR) is 113 cm³/mol. The Morgan fingerprint density at radius 3 is 1.63 bits per heavy atom. The van der Waals surface area contributed by atoms with Gasteiger partial charge in [0.1, 0.15) is 0 Å². The second-order valence-corrected chi connectivity index (χ2v) is 8.00. The van der Waals surface area contributed by atoms with Gasteiger partial charge in [0.05, 0.1) is 33.7 Å². The first-order valence-electron chi connectivity index (χ1n) is 9.81. The normalized spacial score (nSPS) is 17.5. The molecule has 2 rings (SSSR count). The van der Waals surface area contributed by atoms with E-state index in [1.54, 1.807) is 12.4 Å². The Balaban J connectivity index is 0.000000457. The Bertz CT molecular complexity index is 549. The van der Waals surface area contributed by atoms with Gasteiger partial charge in [0.2, 0.25) is 0 Å². The van der Waals surface area contributed by atoms with E-state index in [0.29, 0.717) is 19.6 Å². The lowest BCUT2D eigenvalue weighted by molar-refractivity contribution is -0.194. The number of hydroxylamine groups is 2. The monoisotopic (exact) mass is 427 g/mol. The van der Waals surface area contributed by atoms with Crippen molar-refractivity contribution in [1.82, 2.24) is 14.9 Å². The highest BCUT2D eigenvalue weighted by molar-refractivity contribution is 5.77. The fourth-order valence-electron chi connectivity index (χ4n) is 3.37. The van der Waals surface area contributed by atoms with Gasteiger partial charge in [0.25, 0.3) is 0 Å². The predicted octanol–water partition coefficient (Wildman–Crippen LogP) is 1.74. The van der Waals surface area contributed by atoms with E-state index in [0.717, 1.165) is 0 Å². The molecule has 1 aromatic rings. The summed E-state index contributed by atoms with van der Waals surface area (Å²) in [6.07, 6.45) is 3.67. The van der Waals surface area contributed by atoms with Gasteiger partial charge in [-0.05, 0) is 39.8 Å². The highest BCUT2D eigenvalue weighted by atomic mass is 16.5. The zero-order chi connectivity index (χ0) is 23.2. The molecule has 172 valence electrons. The van der Waals surface area contributed by atoms with Gasteiger partial charge in [-0.15, -0.1) is 0 Å². The second-order valence-electron chi connectivity index (χ2n) is 8.00. The summed E-state index contributed by atoms with van der Waals surface area (Å²) in [6.45, 7) is 10.4. The van der Waals surface area contributed by atoms with E-state index in [1.165, 1.54) is 19.3 Å². The molecule has 9 nitrogen and oxygen atoms in total. The first-order chi connectivity index (χ1) is 14.0. The SMILES string of the molecule is CC1(C)CN(O)CC(C)(C)N1CCO.COC(=O)CCC(=O)OC.c1ccncc1. The van der Waals surface area contributed by atoms with Crippen LogP contribution in [-0.2, 0) is 19.1 Å². The Morgan fingerprint density at radius 2 is 1.37 bits per heavy atom. The van der Waals surface area contributed by atoms with Crippen molar-refractivity contribution in [2.75, 3.05) is 40.5 Å². The summed E-state index contributed by atoms with van der Waals surface area (Å²) < 4.78 is 8.60. The van der Waals surface area contributed by atoms with Gasteiger partial charge in [0, 0.05) is 43.1 Å². The topological polar surface area (TPSA) is 112 Å². The number of piperazine rings is 1. The van der Waals surface area contributed by atoms with Crippen LogP contribution in [0.4, 0.5) is 0 Å². The van der Waals surface area contributed by atoms with Crippen molar-refractivity contribution >= 4 is 11.9 Å². The number of pyridine rings is 1. The lowest BCUT2D eigenvalue weighted by Crippen LogP contribution is -2.68. The Labute approximate surface area is 179 Å². The first-order valence-corrected chi connectivity index (χ1v) is 9.81. The van der Waals surface area contributed by atoms with E-state index < -0.39 is 11.9 Å². The zero-order valence-corrected chi connectivity index (χ0v) is 19.0. The molecule has 0 amide bonds. The summed E-state index contributed by atoms with van der Waals surface area (Å²) in [6, 6.07) is 5.72. The molecular formula is C21H37N3O6. The van der Waals surface area contributed by atoms with E-state index in [1.807, 2.05) is 18.2 Å². The van der Waals surface area contributed by atoms with Gasteiger partial charge in [-0.3, -0.25) is 19.5 Å². The Morgan fingerprint density at radius 1 is 0.933 bits per heavy atom. The molecule has 2 N–H and O–H groups in total. The minimum atomic E-state index is -0.398. The number of esters is 2. The molecule has 1 aliphatic heterocycles. The molecule has 30 heavy (non-hydrogen) atoms. The lowest BCUT2D eigenvalue weighted by Gasteiger charge is -2.54. The van der Waals surface area contributed by atoms with Crippen molar-refractivity contribution < 1.29 is 29.4 Å². The number of nitrogens with zero attached hydrogens (tertiary/aromatic N) is 3. The summed E-state index contributed by atoms with van der Waals surface area (Å²) in [5, 5.41) is 20.0. The zero-order valence-electron chi connectivity index (χ0n) is 19.0. The van der Waals surface area contributed by atoms with Gasteiger partial charge in [-0.2, -0.15) is 5.06 Å². The molecule has 1 aliphatic rings. The van der Waals surface area contributed by atoms with Crippen LogP contribution >= 0.6 is 0 Å². The fourth-order valence-corrected chi connectivity index (χ4v) is 3.37. The number of aliphatic hydroxyl groups excluding tert-OH is 1. The van der Waals surface area contributed by atoms with Crippen LogP contribution in [0.15, 0.2) is 30.6 Å². The molecule has 9 heteroatoms. The van der Waals surface area contributed by atoms with Crippen LogP contribution in [-0.4, -0.2) is 88.7 Å². The third kappa shape index (κ3) is 11.2. The van der Waals surface area contributed by atoms with Crippen LogP contribution in [0.2, 0.25) is 0 Å². The summed E-state index contributed by atoms with van der Waals surface area (Å²) in [5.41, 5.74) is -0.196. The average Bonchev–Trinajstić information content (AvgIpc) is 2.70. The van der Waals surface area contributed by atoms with E-state index in [2.05, 4.69) is 47.1 Å². The average molecular weight is 428 g/mol. The summed E-state index contributed by atoms with van der Waals surface area (Å²) in [7, 11) is 2.55. The highest BCUT2D eigenvalue weighted by Gasteiger charge is 2.43. The van der Waals surface area contributed by atoms with Gasteiger partial charge in [-0.25, -0.2) is 0 Å². The van der Waals surface area contributed by atoms with Crippen LogP contribution in [0.5, 0.6) is 0 Å². The molecule has 0 atom stereocenters. The van der Waals surface area contributed by atoms with Crippen LogP contribution in [0.1, 0.15) is 40.5 Å². The van der Waals surface area contributed by atoms with Gasteiger partial charge in [-0.1, -0.05) is 6.07 Å². The number of aromatic nitrogens is 1. The summed E-state index contributed by atoms with van der Waals surface area (Å²) in [5.74, 6) is -0.796. The Hall–Kier alpha value is -2.07. The third-order valence-corrected chi connectivity index (χ3v) is 4.48. The number of hydrogen-bond donors (Lipinski definition) is 2. The van der Waals surface area contributed by atoms with Crippen molar-refractivity contribution in [3.63, 3.8) is 0 Å². The van der Waals surface area contributed by atoms with Crippen LogP contribution < -0.4 is 0 Å². The minimum Gasteiger partial charge on any atom is -0.469 e. The van der Waals surface area contributed by atoms with E-state index >= 15 is 0 Å². The number of rotatable bonds is 5. The van der Waals surface area contributed by atoms with Gasteiger partial charge >= 0.3 is 11.9 Å². The van der Waals surface area contributed by atoms with E-state index in [-0.39, 0.29) is 30.5 Å². The van der Waals surface area contributed by atoms with Crippen molar-refractivity contribution in [2.24, 2.45) is 0 Å². The maximum absolute atomic E-state index is 10.4. The molecule has 0 aromatic carbocycles. The molecule has 1 aromatic heterocycles. The lowest BCUT2D eigenvalue weighted by atomic mass is 9.89. The molecule has 0 radical (unpaired) electrons. The summed E-state index contributed by atoms with van der Waals surface area (Å²) in [4.78, 5) is 26.8. The number of hydrogen-bond acceptors (Lipinski definition) is 9. The maximum Gasteiger partial charge on any atom is 0.306 e. The Kier molecular flexibility index (Phi) is 13.1. The van der Waals surface area contributed by atoms with Crippen molar-refractivity contribution in [1.29, 1.82) is 0 Å². The largest absolute Gasteiger partial charge is 0.469 e. The molecule has 2 heterocycles. The number of aliphatic hydroxyl groups is 1. The molecule has 1 saturated heterocycles. The molecule has 0 unspecified atom stereocenters. The van der Waals surface area contributed by atoms with Crippen LogP contribution in [0.25, 0.3) is 0 Å². The van der Waals surface area contributed by atoms with E-state index in [9.17, 15) is 14.8 Å². The fraction of sp³-hybridized carbons (Fsp3) is 0.667. The molecule has 1 fully saturated rings. The smallest absolute Gasteiger partial charge is 0.306 e. The number of carbonyl (C=O) groups is 2. The van der Waals surface area contributed by atoms with Crippen LogP contribution in [0.3, 0.4) is 0 Å². The molecule has 0 saturated carbocycles. The number of ether oxygens (including phenoxy) is 2. The highest BCUT2D eigenvalue weighted by Crippen LogP contribution is 2.30. The maximum atomic E-state index is 10.4. The van der Waals surface area contributed by atoms with Gasteiger partial charge < -0.3 is 19.8 Å². The summed E-state index contributed by atoms with van der Waals surface area (Å²) >= 11 is 0. The van der Waals surface area contributed by atoms with Crippen molar-refractivity contribution in [3.05, 3.63) is 30.6 Å². The molecule has 0 bridgehead atoms.